The van der Waals surface area contributed by atoms with Gasteiger partial charge in [0.25, 0.3) is 0 Å². The van der Waals surface area contributed by atoms with Crippen LogP contribution in [0, 0.1) is 5.82 Å². The summed E-state index contributed by atoms with van der Waals surface area (Å²) in [5, 5.41) is -0.774. The maximum Gasteiger partial charge on any atom is 0.244 e. The molecular formula is C11H13Cl3FNO3S. The molecule has 114 valence electrons. The Bertz CT molecular complexity index is 568. The van der Waals surface area contributed by atoms with Crippen LogP contribution in [0.1, 0.15) is 0 Å². The third kappa shape index (κ3) is 3.96. The second kappa shape index (κ2) is 7.77. The number of ether oxygens (including phenoxy) is 1. The minimum Gasteiger partial charge on any atom is -0.383 e. The van der Waals surface area contributed by atoms with E-state index >= 15 is 0 Å². The largest absolute Gasteiger partial charge is 0.383 e. The average molecular weight is 365 g/mol. The maximum atomic E-state index is 13.6. The van der Waals surface area contributed by atoms with Crippen molar-refractivity contribution in [1.82, 2.24) is 4.31 Å². The number of nitrogens with zero attached hydrogens (tertiary/aromatic N) is 1. The number of alkyl halides is 1. The molecule has 20 heavy (non-hydrogen) atoms. The van der Waals surface area contributed by atoms with Crippen molar-refractivity contribution < 1.29 is 17.5 Å². The van der Waals surface area contributed by atoms with E-state index < -0.39 is 20.9 Å². The Morgan fingerprint density at radius 1 is 1.30 bits per heavy atom. The van der Waals surface area contributed by atoms with E-state index in [-0.39, 0.29) is 35.5 Å². The summed E-state index contributed by atoms with van der Waals surface area (Å²) in [6.45, 7) is 0.337. The summed E-state index contributed by atoms with van der Waals surface area (Å²) in [4.78, 5) is -0.345. The fourth-order valence-corrected chi connectivity index (χ4v) is 3.93. The predicted molar refractivity (Wildman–Crippen MR) is 77.8 cm³/mol. The highest BCUT2D eigenvalue weighted by atomic mass is 35.5. The summed E-state index contributed by atoms with van der Waals surface area (Å²) in [6.07, 6.45) is 0. The van der Waals surface area contributed by atoms with Gasteiger partial charge in [0, 0.05) is 26.1 Å². The zero-order valence-electron chi connectivity index (χ0n) is 10.6. The first-order valence-electron chi connectivity index (χ1n) is 5.54. The van der Waals surface area contributed by atoms with Crippen LogP contribution in [0.4, 0.5) is 4.39 Å². The fraction of sp³-hybridized carbons (Fsp3) is 0.455. The standard InChI is InChI=1S/C11H13Cl3FNO3S/c1-19-7-6-16(5-4-12)20(17,18)9-3-2-8(13)11(15)10(9)14/h2-3H,4-7H2,1H3. The van der Waals surface area contributed by atoms with Crippen molar-refractivity contribution in [2.75, 3.05) is 32.7 Å². The molecule has 0 fully saturated rings. The molecule has 0 N–H and O–H groups in total. The summed E-state index contributed by atoms with van der Waals surface area (Å²) in [5.74, 6) is -0.872. The van der Waals surface area contributed by atoms with Crippen LogP contribution in [0.15, 0.2) is 17.0 Å². The Hall–Kier alpha value is -0.110. The molecule has 4 nitrogen and oxygen atoms in total. The molecule has 1 aromatic rings. The number of hydrogen-bond acceptors (Lipinski definition) is 3. The quantitative estimate of drug-likeness (QED) is 0.552. The van der Waals surface area contributed by atoms with Gasteiger partial charge in [0.2, 0.25) is 10.0 Å². The summed E-state index contributed by atoms with van der Waals surface area (Å²) in [6, 6.07) is 2.31. The second-order valence-corrected chi connectivity index (χ2v) is 6.83. The Morgan fingerprint density at radius 3 is 2.50 bits per heavy atom. The van der Waals surface area contributed by atoms with Gasteiger partial charge in [-0.05, 0) is 12.1 Å². The molecule has 1 rings (SSSR count). The van der Waals surface area contributed by atoms with Crippen LogP contribution < -0.4 is 0 Å². The molecule has 0 atom stereocenters. The van der Waals surface area contributed by atoms with E-state index in [1.54, 1.807) is 0 Å². The van der Waals surface area contributed by atoms with Gasteiger partial charge in [0.1, 0.15) is 4.90 Å². The first-order chi connectivity index (χ1) is 9.36. The molecule has 0 saturated heterocycles. The number of hydrogen-bond donors (Lipinski definition) is 0. The van der Waals surface area contributed by atoms with Crippen molar-refractivity contribution in [2.24, 2.45) is 0 Å². The van der Waals surface area contributed by atoms with Gasteiger partial charge in [-0.25, -0.2) is 12.8 Å². The van der Waals surface area contributed by atoms with Gasteiger partial charge in [-0.2, -0.15) is 4.31 Å². The molecule has 0 amide bonds. The summed E-state index contributed by atoms with van der Waals surface area (Å²) >= 11 is 16.9. The molecule has 0 bridgehead atoms. The van der Waals surface area contributed by atoms with Crippen molar-refractivity contribution >= 4 is 44.8 Å². The lowest BCUT2D eigenvalue weighted by Crippen LogP contribution is -2.35. The fourth-order valence-electron chi connectivity index (χ4n) is 1.49. The predicted octanol–water partition coefficient (Wildman–Crippen LogP) is 3.01. The van der Waals surface area contributed by atoms with E-state index in [1.807, 2.05) is 0 Å². The highest BCUT2D eigenvalue weighted by molar-refractivity contribution is 7.89. The normalized spacial score (nSPS) is 12.1. The first kappa shape index (κ1) is 17.9. The average Bonchev–Trinajstić information content (AvgIpc) is 2.40. The third-order valence-corrected chi connectivity index (χ3v) is 5.38. The number of halogens is 4. The van der Waals surface area contributed by atoms with Gasteiger partial charge in [-0.3, -0.25) is 0 Å². The molecule has 0 aliphatic rings. The Kier molecular flexibility index (Phi) is 6.97. The van der Waals surface area contributed by atoms with Gasteiger partial charge in [-0.15, -0.1) is 11.6 Å². The Morgan fingerprint density at radius 2 is 1.95 bits per heavy atom. The molecule has 0 heterocycles. The van der Waals surface area contributed by atoms with Crippen molar-refractivity contribution in [3.63, 3.8) is 0 Å². The van der Waals surface area contributed by atoms with Crippen molar-refractivity contribution in [1.29, 1.82) is 0 Å². The maximum absolute atomic E-state index is 13.6. The molecule has 0 spiro atoms. The zero-order valence-corrected chi connectivity index (χ0v) is 13.7. The van der Waals surface area contributed by atoms with Crippen LogP contribution in [0.25, 0.3) is 0 Å². The summed E-state index contributed by atoms with van der Waals surface area (Å²) in [5.41, 5.74) is 0. The van der Waals surface area contributed by atoms with E-state index in [9.17, 15) is 12.8 Å². The van der Waals surface area contributed by atoms with Gasteiger partial charge in [0.05, 0.1) is 16.7 Å². The van der Waals surface area contributed by atoms with Crippen LogP contribution in [0.3, 0.4) is 0 Å². The SMILES string of the molecule is COCCN(CCCl)S(=O)(=O)c1ccc(Cl)c(F)c1Cl. The van der Waals surface area contributed by atoms with Gasteiger partial charge in [-0.1, -0.05) is 23.2 Å². The van der Waals surface area contributed by atoms with Crippen LogP contribution in [0.5, 0.6) is 0 Å². The molecular weight excluding hydrogens is 352 g/mol. The molecule has 0 aromatic heterocycles. The lowest BCUT2D eigenvalue weighted by Gasteiger charge is -2.21. The zero-order chi connectivity index (χ0) is 15.3. The van der Waals surface area contributed by atoms with Crippen molar-refractivity contribution in [3.05, 3.63) is 28.0 Å². The molecule has 0 saturated carbocycles. The van der Waals surface area contributed by atoms with Crippen LogP contribution in [0.2, 0.25) is 10.0 Å². The first-order valence-corrected chi connectivity index (χ1v) is 8.27. The number of methoxy groups -OCH3 is 1. The van der Waals surface area contributed by atoms with Crippen LogP contribution >= 0.6 is 34.8 Å². The van der Waals surface area contributed by atoms with E-state index in [1.165, 1.54) is 7.11 Å². The topological polar surface area (TPSA) is 46.6 Å². The molecule has 9 heteroatoms. The van der Waals surface area contributed by atoms with Crippen molar-refractivity contribution in [2.45, 2.75) is 4.90 Å². The summed E-state index contributed by atoms with van der Waals surface area (Å²) < 4.78 is 44.4. The Balaban J connectivity index is 3.22. The van der Waals surface area contributed by atoms with Crippen molar-refractivity contribution in [3.8, 4) is 0 Å². The molecule has 0 unspecified atom stereocenters. The van der Waals surface area contributed by atoms with Crippen LogP contribution in [-0.4, -0.2) is 45.4 Å². The van der Waals surface area contributed by atoms with Gasteiger partial charge < -0.3 is 4.74 Å². The van der Waals surface area contributed by atoms with Gasteiger partial charge in [0.15, 0.2) is 5.82 Å². The molecule has 0 radical (unpaired) electrons. The lowest BCUT2D eigenvalue weighted by atomic mass is 10.3. The third-order valence-electron chi connectivity index (χ3n) is 2.50. The number of rotatable bonds is 7. The smallest absolute Gasteiger partial charge is 0.244 e. The van der Waals surface area contributed by atoms with E-state index in [0.717, 1.165) is 16.4 Å². The van der Waals surface area contributed by atoms with E-state index in [0.29, 0.717) is 0 Å². The second-order valence-electron chi connectivity index (χ2n) is 3.76. The highest BCUT2D eigenvalue weighted by Crippen LogP contribution is 2.31. The minimum absolute atomic E-state index is 0.0633. The van der Waals surface area contributed by atoms with Gasteiger partial charge >= 0.3 is 0 Å². The lowest BCUT2D eigenvalue weighted by molar-refractivity contribution is 0.180. The molecule has 0 aliphatic carbocycles. The van der Waals surface area contributed by atoms with E-state index in [2.05, 4.69) is 0 Å². The van der Waals surface area contributed by atoms with E-state index in [4.69, 9.17) is 39.5 Å². The highest BCUT2D eigenvalue weighted by Gasteiger charge is 2.28. The number of sulfonamides is 1. The minimum atomic E-state index is -3.97. The molecule has 1 aromatic carbocycles. The molecule has 0 aliphatic heterocycles. The number of benzene rings is 1. The monoisotopic (exact) mass is 363 g/mol. The summed E-state index contributed by atoms with van der Waals surface area (Å²) in [7, 11) is -2.52. The van der Waals surface area contributed by atoms with Crippen LogP contribution in [-0.2, 0) is 14.8 Å². The Labute approximate surface area is 132 Å².